The van der Waals surface area contributed by atoms with E-state index < -0.39 is 0 Å². The Morgan fingerprint density at radius 2 is 1.47 bits per heavy atom. The van der Waals surface area contributed by atoms with Gasteiger partial charge in [0.25, 0.3) is 0 Å². The van der Waals surface area contributed by atoms with Gasteiger partial charge >= 0.3 is 0 Å². The number of carbonyl (C=O) groups is 1. The second-order valence-electron chi connectivity index (χ2n) is 4.69. The van der Waals surface area contributed by atoms with Gasteiger partial charge < -0.3 is 4.90 Å². The molecule has 0 heterocycles. The van der Waals surface area contributed by atoms with E-state index >= 15 is 0 Å². The average Bonchev–Trinajstić information content (AvgIpc) is 2.14. The molecule has 0 rings (SSSR count). The van der Waals surface area contributed by atoms with Crippen LogP contribution in [0.5, 0.6) is 0 Å². The van der Waals surface area contributed by atoms with Crippen LogP contribution in [0.15, 0.2) is 11.6 Å². The minimum absolute atomic E-state index is 0.000185. The van der Waals surface area contributed by atoms with E-state index in [0.29, 0.717) is 0 Å². The highest BCUT2D eigenvalue weighted by molar-refractivity contribution is 5.81. The third-order valence-corrected chi connectivity index (χ3v) is 2.88. The van der Waals surface area contributed by atoms with E-state index in [0.717, 1.165) is 5.57 Å². The molecular weight excluding hydrogens is 186 g/mol. The van der Waals surface area contributed by atoms with Crippen LogP contribution in [0.25, 0.3) is 0 Å². The van der Waals surface area contributed by atoms with Gasteiger partial charge in [0.05, 0.1) is 5.92 Å². The monoisotopic (exact) mass is 211 g/mol. The maximum absolute atomic E-state index is 12.2. The van der Waals surface area contributed by atoms with Crippen LogP contribution in [0.4, 0.5) is 0 Å². The predicted molar refractivity (Wildman–Crippen MR) is 65.7 cm³/mol. The maximum Gasteiger partial charge on any atom is 0.229 e. The molecule has 0 saturated heterocycles. The molecule has 2 heteroatoms. The van der Waals surface area contributed by atoms with Gasteiger partial charge in [0.15, 0.2) is 0 Å². The molecule has 0 aromatic rings. The van der Waals surface area contributed by atoms with Crippen LogP contribution in [0.1, 0.15) is 48.5 Å². The van der Waals surface area contributed by atoms with Crippen molar-refractivity contribution >= 4 is 5.91 Å². The van der Waals surface area contributed by atoms with Crippen molar-refractivity contribution in [1.29, 1.82) is 0 Å². The van der Waals surface area contributed by atoms with Gasteiger partial charge in [0, 0.05) is 12.1 Å². The Hall–Kier alpha value is -0.790. The Balaban J connectivity index is 4.80. The van der Waals surface area contributed by atoms with Gasteiger partial charge in [0.2, 0.25) is 5.91 Å². The average molecular weight is 211 g/mol. The number of allylic oxidation sites excluding steroid dienone is 1. The molecule has 0 bridgehead atoms. The van der Waals surface area contributed by atoms with Crippen molar-refractivity contribution in [3.63, 3.8) is 0 Å². The number of nitrogens with zero attached hydrogens (tertiary/aromatic N) is 1. The lowest BCUT2D eigenvalue weighted by atomic mass is 9.99. The predicted octanol–water partition coefficient (Wildman–Crippen LogP) is 3.23. The molecule has 2 nitrogen and oxygen atoms in total. The lowest BCUT2D eigenvalue weighted by molar-refractivity contribution is -0.137. The summed E-state index contributed by atoms with van der Waals surface area (Å²) < 4.78 is 0. The number of amides is 1. The molecule has 0 N–H and O–H groups in total. The van der Waals surface area contributed by atoms with Crippen molar-refractivity contribution in [3.8, 4) is 0 Å². The Labute approximate surface area is 94.4 Å². The Morgan fingerprint density at radius 1 is 1.07 bits per heavy atom. The quantitative estimate of drug-likeness (QED) is 0.654. The molecule has 0 aromatic heterocycles. The molecule has 0 aliphatic heterocycles. The van der Waals surface area contributed by atoms with Gasteiger partial charge in [-0.1, -0.05) is 11.6 Å². The molecule has 1 unspecified atom stereocenters. The third-order valence-electron chi connectivity index (χ3n) is 2.88. The molecule has 0 aliphatic carbocycles. The second-order valence-corrected chi connectivity index (χ2v) is 4.69. The molecule has 1 atom stereocenters. The van der Waals surface area contributed by atoms with Crippen molar-refractivity contribution in [2.75, 3.05) is 0 Å². The van der Waals surface area contributed by atoms with Crippen LogP contribution in [-0.2, 0) is 4.79 Å². The molecule has 0 spiro atoms. The van der Waals surface area contributed by atoms with Crippen molar-refractivity contribution in [2.24, 2.45) is 5.92 Å². The molecule has 88 valence electrons. The van der Waals surface area contributed by atoms with Crippen molar-refractivity contribution < 1.29 is 4.79 Å². The highest BCUT2D eigenvalue weighted by Gasteiger charge is 2.25. The summed E-state index contributed by atoms with van der Waals surface area (Å²) in [7, 11) is 0. The molecule has 0 saturated carbocycles. The van der Waals surface area contributed by atoms with Crippen LogP contribution in [0.3, 0.4) is 0 Å². The fourth-order valence-electron chi connectivity index (χ4n) is 1.77. The fourth-order valence-corrected chi connectivity index (χ4v) is 1.77. The summed E-state index contributed by atoms with van der Waals surface area (Å²) in [6.07, 6.45) is 2.02. The van der Waals surface area contributed by atoms with Gasteiger partial charge in [-0.05, 0) is 48.5 Å². The Kier molecular flexibility index (Phi) is 5.63. The first-order valence-electron chi connectivity index (χ1n) is 5.77. The van der Waals surface area contributed by atoms with E-state index in [1.54, 1.807) is 0 Å². The molecule has 1 amide bonds. The Morgan fingerprint density at radius 3 is 1.73 bits per heavy atom. The van der Waals surface area contributed by atoms with Crippen LogP contribution in [0, 0.1) is 5.92 Å². The van der Waals surface area contributed by atoms with E-state index in [-0.39, 0.29) is 23.9 Å². The molecule has 0 aliphatic rings. The van der Waals surface area contributed by atoms with Gasteiger partial charge in [-0.3, -0.25) is 4.79 Å². The minimum atomic E-state index is -0.000185. The fraction of sp³-hybridized carbons (Fsp3) is 0.769. The molecular formula is C13H25NO. The van der Waals surface area contributed by atoms with Gasteiger partial charge in [-0.15, -0.1) is 0 Å². The highest BCUT2D eigenvalue weighted by Crippen LogP contribution is 2.17. The first kappa shape index (κ1) is 14.2. The number of hydrogen-bond acceptors (Lipinski definition) is 1. The van der Waals surface area contributed by atoms with E-state index in [4.69, 9.17) is 0 Å². The van der Waals surface area contributed by atoms with Crippen molar-refractivity contribution in [1.82, 2.24) is 4.90 Å². The third kappa shape index (κ3) is 3.69. The summed E-state index contributed by atoms with van der Waals surface area (Å²) in [5.74, 6) is 0.232. The van der Waals surface area contributed by atoms with Crippen LogP contribution >= 0.6 is 0 Å². The number of hydrogen-bond donors (Lipinski definition) is 0. The van der Waals surface area contributed by atoms with Gasteiger partial charge in [-0.25, -0.2) is 0 Å². The minimum Gasteiger partial charge on any atom is -0.337 e. The number of carbonyl (C=O) groups excluding carboxylic acids is 1. The van der Waals surface area contributed by atoms with Crippen LogP contribution in [0.2, 0.25) is 0 Å². The smallest absolute Gasteiger partial charge is 0.229 e. The van der Waals surface area contributed by atoms with E-state index in [9.17, 15) is 4.79 Å². The van der Waals surface area contributed by atoms with Gasteiger partial charge in [0.1, 0.15) is 0 Å². The first-order chi connectivity index (χ1) is 6.82. The molecule has 15 heavy (non-hydrogen) atoms. The van der Waals surface area contributed by atoms with Crippen molar-refractivity contribution in [3.05, 3.63) is 11.6 Å². The normalized spacial score (nSPS) is 14.6. The van der Waals surface area contributed by atoms with Crippen LogP contribution in [-0.4, -0.2) is 22.9 Å². The molecule has 0 aromatic carbocycles. The summed E-state index contributed by atoms with van der Waals surface area (Å²) in [6, 6.07) is 0.536. The lowest BCUT2D eigenvalue weighted by Gasteiger charge is -2.33. The largest absolute Gasteiger partial charge is 0.337 e. The zero-order valence-corrected chi connectivity index (χ0v) is 11.2. The Bertz CT molecular complexity index is 233. The summed E-state index contributed by atoms with van der Waals surface area (Å²) in [5.41, 5.74) is 1.14. The summed E-state index contributed by atoms with van der Waals surface area (Å²) in [6.45, 7) is 14.2. The second kappa shape index (κ2) is 5.94. The summed E-state index contributed by atoms with van der Waals surface area (Å²) >= 11 is 0. The SMILES string of the molecule is C/C=C(/C)C(C)C(=O)N(C(C)C)C(C)C. The molecule has 0 fully saturated rings. The zero-order chi connectivity index (χ0) is 12.2. The van der Waals surface area contributed by atoms with Crippen LogP contribution < -0.4 is 0 Å². The van der Waals surface area contributed by atoms with E-state index in [1.165, 1.54) is 0 Å². The summed E-state index contributed by atoms with van der Waals surface area (Å²) in [5, 5.41) is 0. The highest BCUT2D eigenvalue weighted by atomic mass is 16.2. The molecule has 0 radical (unpaired) electrons. The lowest BCUT2D eigenvalue weighted by Crippen LogP contribution is -2.44. The van der Waals surface area contributed by atoms with E-state index in [1.807, 2.05) is 31.7 Å². The van der Waals surface area contributed by atoms with E-state index in [2.05, 4.69) is 27.7 Å². The number of rotatable bonds is 4. The van der Waals surface area contributed by atoms with Crippen molar-refractivity contribution in [2.45, 2.75) is 60.5 Å². The standard InChI is InChI=1S/C13H25NO/c1-8-11(6)12(7)13(15)14(9(2)3)10(4)5/h8-10,12H,1-7H3/b11-8-. The zero-order valence-electron chi connectivity index (χ0n) is 11.2. The topological polar surface area (TPSA) is 20.3 Å². The first-order valence-corrected chi connectivity index (χ1v) is 5.77. The maximum atomic E-state index is 12.2. The van der Waals surface area contributed by atoms with Gasteiger partial charge in [-0.2, -0.15) is 0 Å². The summed E-state index contributed by atoms with van der Waals surface area (Å²) in [4.78, 5) is 14.2.